The van der Waals surface area contributed by atoms with Crippen molar-refractivity contribution in [2.45, 2.75) is 84.7 Å². The van der Waals surface area contributed by atoms with E-state index >= 15 is 0 Å². The monoisotopic (exact) mass is 354 g/mol. The predicted molar refractivity (Wildman–Crippen MR) is 111 cm³/mol. The van der Waals surface area contributed by atoms with E-state index in [1.165, 1.54) is 69.5 Å². The molecule has 0 radical (unpaired) electrons. The Balaban J connectivity index is 0.00000484. The minimum atomic E-state index is 0. The SMILES string of the molecule is CCCCC(CCCC)=C(CCCC)PCc1ccccc1.Cl. The van der Waals surface area contributed by atoms with Crippen molar-refractivity contribution in [1.82, 2.24) is 0 Å². The molecule has 23 heavy (non-hydrogen) atoms. The van der Waals surface area contributed by atoms with Gasteiger partial charge in [0.2, 0.25) is 0 Å². The first-order chi connectivity index (χ1) is 10.8. The second-order valence-electron chi connectivity index (χ2n) is 6.23. The number of hydrogen-bond donors (Lipinski definition) is 0. The maximum atomic E-state index is 2.32. The number of benzene rings is 1. The summed E-state index contributed by atoms with van der Waals surface area (Å²) >= 11 is 0. The van der Waals surface area contributed by atoms with Crippen molar-refractivity contribution < 1.29 is 0 Å². The molecule has 0 saturated carbocycles. The molecule has 1 unspecified atom stereocenters. The number of unbranched alkanes of at least 4 members (excludes halogenated alkanes) is 3. The fourth-order valence-electron chi connectivity index (χ4n) is 2.76. The summed E-state index contributed by atoms with van der Waals surface area (Å²) in [6, 6.07) is 11.0. The molecule has 0 spiro atoms. The Morgan fingerprint density at radius 3 is 1.83 bits per heavy atom. The molecule has 0 aliphatic rings. The number of hydrogen-bond acceptors (Lipinski definition) is 0. The first-order valence-corrected chi connectivity index (χ1v) is 10.5. The molecule has 0 saturated heterocycles. The van der Waals surface area contributed by atoms with Crippen LogP contribution in [-0.2, 0) is 6.16 Å². The van der Waals surface area contributed by atoms with E-state index in [9.17, 15) is 0 Å². The average molecular weight is 355 g/mol. The molecule has 2 heteroatoms. The van der Waals surface area contributed by atoms with Gasteiger partial charge in [-0.15, -0.1) is 12.4 Å². The van der Waals surface area contributed by atoms with Crippen LogP contribution in [-0.4, -0.2) is 0 Å². The van der Waals surface area contributed by atoms with Crippen molar-refractivity contribution in [1.29, 1.82) is 0 Å². The molecular weight excluding hydrogens is 319 g/mol. The lowest BCUT2D eigenvalue weighted by atomic mass is 10.0. The molecular formula is C21H36ClP. The summed E-state index contributed by atoms with van der Waals surface area (Å²) in [6.07, 6.45) is 13.3. The van der Waals surface area contributed by atoms with E-state index in [-0.39, 0.29) is 12.4 Å². The van der Waals surface area contributed by atoms with Gasteiger partial charge in [-0.25, -0.2) is 0 Å². The van der Waals surface area contributed by atoms with Crippen LogP contribution in [0.15, 0.2) is 41.2 Å². The molecule has 0 heterocycles. The molecule has 0 aliphatic carbocycles. The standard InChI is InChI=1S/C21H35P.ClH/c1-4-7-15-20(16-8-5-2)21(17-9-6-3)22-18-19-13-11-10-12-14-19;/h10-14,22H,4-9,15-18H2,1-3H3;1H. The largest absolute Gasteiger partial charge is 0.147 e. The smallest absolute Gasteiger partial charge is 0.00633 e. The van der Waals surface area contributed by atoms with Gasteiger partial charge in [-0.2, -0.15) is 0 Å². The van der Waals surface area contributed by atoms with Crippen LogP contribution in [0.3, 0.4) is 0 Å². The van der Waals surface area contributed by atoms with Crippen molar-refractivity contribution in [3.05, 3.63) is 46.8 Å². The van der Waals surface area contributed by atoms with Gasteiger partial charge in [-0.1, -0.05) is 84.5 Å². The minimum absolute atomic E-state index is 0. The Labute approximate surface area is 152 Å². The van der Waals surface area contributed by atoms with Gasteiger partial charge >= 0.3 is 0 Å². The van der Waals surface area contributed by atoms with Crippen molar-refractivity contribution in [2.75, 3.05) is 0 Å². The van der Waals surface area contributed by atoms with Crippen LogP contribution in [0.4, 0.5) is 0 Å². The summed E-state index contributed by atoms with van der Waals surface area (Å²) in [4.78, 5) is 0. The zero-order valence-electron chi connectivity index (χ0n) is 15.4. The van der Waals surface area contributed by atoms with E-state index in [0.717, 1.165) is 8.58 Å². The topological polar surface area (TPSA) is 0 Å². The first-order valence-electron chi connectivity index (χ1n) is 9.30. The van der Waals surface area contributed by atoms with Crippen molar-refractivity contribution in [3.8, 4) is 0 Å². The highest BCUT2D eigenvalue weighted by atomic mass is 35.5. The normalized spacial score (nSPS) is 10.7. The number of halogens is 1. The quantitative estimate of drug-likeness (QED) is 0.332. The molecule has 1 aromatic carbocycles. The van der Waals surface area contributed by atoms with Crippen molar-refractivity contribution in [3.63, 3.8) is 0 Å². The maximum absolute atomic E-state index is 2.32. The average Bonchev–Trinajstić information content (AvgIpc) is 2.57. The summed E-state index contributed by atoms with van der Waals surface area (Å²) in [6.45, 7) is 6.94. The minimum Gasteiger partial charge on any atom is -0.147 e. The third kappa shape index (κ3) is 10.2. The molecule has 0 bridgehead atoms. The van der Waals surface area contributed by atoms with Crippen LogP contribution in [0.5, 0.6) is 0 Å². The highest BCUT2D eigenvalue weighted by Crippen LogP contribution is 2.37. The van der Waals surface area contributed by atoms with E-state index in [1.807, 2.05) is 10.9 Å². The van der Waals surface area contributed by atoms with Crippen LogP contribution in [0, 0.1) is 0 Å². The van der Waals surface area contributed by atoms with Gasteiger partial charge < -0.3 is 0 Å². The molecule has 0 aliphatic heterocycles. The van der Waals surface area contributed by atoms with Crippen molar-refractivity contribution >= 4 is 21.0 Å². The Hall–Kier alpha value is -0.320. The molecule has 1 rings (SSSR count). The van der Waals surface area contributed by atoms with Crippen molar-refractivity contribution in [2.24, 2.45) is 0 Å². The van der Waals surface area contributed by atoms with Crippen LogP contribution < -0.4 is 0 Å². The van der Waals surface area contributed by atoms with Gasteiger partial charge in [0, 0.05) is 0 Å². The zero-order chi connectivity index (χ0) is 16.0. The van der Waals surface area contributed by atoms with Gasteiger partial charge in [0.25, 0.3) is 0 Å². The van der Waals surface area contributed by atoms with Gasteiger partial charge in [0.05, 0.1) is 0 Å². The number of allylic oxidation sites excluding steroid dienone is 2. The molecule has 0 fully saturated rings. The van der Waals surface area contributed by atoms with Gasteiger partial charge in [0.1, 0.15) is 0 Å². The maximum Gasteiger partial charge on any atom is -0.00633 e. The molecule has 0 amide bonds. The van der Waals surface area contributed by atoms with Gasteiger partial charge in [0.15, 0.2) is 0 Å². The lowest BCUT2D eigenvalue weighted by Crippen LogP contribution is -1.92. The lowest BCUT2D eigenvalue weighted by molar-refractivity contribution is 0.698. The van der Waals surface area contributed by atoms with Crippen LogP contribution in [0.2, 0.25) is 0 Å². The van der Waals surface area contributed by atoms with E-state index in [2.05, 4.69) is 51.1 Å². The molecule has 0 N–H and O–H groups in total. The second kappa shape index (κ2) is 15.2. The molecule has 0 aromatic heterocycles. The zero-order valence-corrected chi connectivity index (χ0v) is 17.2. The van der Waals surface area contributed by atoms with E-state index in [0.29, 0.717) is 0 Å². The predicted octanol–water partition coefficient (Wildman–Crippen LogP) is 8.11. The Morgan fingerprint density at radius 2 is 1.30 bits per heavy atom. The van der Waals surface area contributed by atoms with E-state index in [4.69, 9.17) is 0 Å². The Morgan fingerprint density at radius 1 is 0.783 bits per heavy atom. The fraction of sp³-hybridized carbons (Fsp3) is 0.619. The summed E-state index contributed by atoms with van der Waals surface area (Å²) in [5.41, 5.74) is 3.31. The lowest BCUT2D eigenvalue weighted by Gasteiger charge is -2.16. The van der Waals surface area contributed by atoms with E-state index in [1.54, 1.807) is 0 Å². The molecule has 1 atom stereocenters. The second-order valence-corrected chi connectivity index (χ2v) is 7.54. The molecule has 0 nitrogen and oxygen atoms in total. The summed E-state index contributed by atoms with van der Waals surface area (Å²) < 4.78 is 0. The Kier molecular flexibility index (Phi) is 15.0. The van der Waals surface area contributed by atoms with Crippen LogP contribution in [0.1, 0.15) is 84.1 Å². The third-order valence-corrected chi connectivity index (χ3v) is 5.84. The fourth-order valence-corrected chi connectivity index (χ4v) is 4.26. The van der Waals surface area contributed by atoms with Crippen LogP contribution in [0.25, 0.3) is 0 Å². The van der Waals surface area contributed by atoms with Gasteiger partial charge in [-0.3, -0.25) is 0 Å². The molecule has 1 aromatic rings. The highest BCUT2D eigenvalue weighted by Gasteiger charge is 2.07. The summed E-state index contributed by atoms with van der Waals surface area (Å²) in [5, 5.41) is 1.81. The molecule has 132 valence electrons. The van der Waals surface area contributed by atoms with E-state index < -0.39 is 0 Å². The first kappa shape index (κ1) is 22.7. The third-order valence-electron chi connectivity index (χ3n) is 4.22. The summed E-state index contributed by atoms with van der Waals surface area (Å²) in [5.74, 6) is 0. The van der Waals surface area contributed by atoms with Crippen LogP contribution >= 0.6 is 21.0 Å². The van der Waals surface area contributed by atoms with Gasteiger partial charge in [-0.05, 0) is 55.6 Å². The highest BCUT2D eigenvalue weighted by molar-refractivity contribution is 7.42. The summed E-state index contributed by atoms with van der Waals surface area (Å²) in [7, 11) is 0.993. The Bertz CT molecular complexity index is 401. The number of rotatable bonds is 12.